The Balaban J connectivity index is 1.25. The van der Waals surface area contributed by atoms with Crippen LogP contribution < -0.4 is 0 Å². The van der Waals surface area contributed by atoms with Crippen LogP contribution in [0.15, 0.2) is 0 Å². The van der Waals surface area contributed by atoms with E-state index in [0.717, 1.165) is 103 Å². The van der Waals surface area contributed by atoms with Crippen molar-refractivity contribution in [1.82, 2.24) is 0 Å². The third-order valence-corrected chi connectivity index (χ3v) is 12.6. The summed E-state index contributed by atoms with van der Waals surface area (Å²) in [5.41, 5.74) is 0. The third-order valence-electron chi connectivity index (χ3n) is 10.4. The van der Waals surface area contributed by atoms with Crippen molar-refractivity contribution in [2.45, 2.75) is 204 Å². The van der Waals surface area contributed by atoms with Gasteiger partial charge in [0.15, 0.2) is 24.5 Å². The molecule has 0 saturated heterocycles. The zero-order chi connectivity index (χ0) is 38.7. The van der Waals surface area contributed by atoms with Gasteiger partial charge in [-0.2, -0.15) is 0 Å². The minimum atomic E-state index is -2.45. The minimum absolute atomic E-state index is 0.0102. The van der Waals surface area contributed by atoms with Gasteiger partial charge in [-0.1, -0.05) is 25.7 Å². The second-order valence-electron chi connectivity index (χ2n) is 15.0. The van der Waals surface area contributed by atoms with Crippen LogP contribution in [-0.4, -0.2) is 85.4 Å². The Labute approximate surface area is 321 Å². The van der Waals surface area contributed by atoms with E-state index in [-0.39, 0.29) is 49.6 Å². The standard InChI is InChI=1S/C38H62O14P2/c1-27(33(39)47-29-17-7-3-8-18-29)45-37(35(41)49-31-21-11-5-12-22-31)51-53(43)25-15-16-26-54(44)52-38(36(42)50-32-23-13-6-14-24-32)46-28(2)34(40)48-30-19-9-4-10-20-30/h27-32,37-38H,3-26H2,1-2H3/q+2. The van der Waals surface area contributed by atoms with E-state index in [1.807, 2.05) is 0 Å². The molecule has 0 aromatic heterocycles. The highest BCUT2D eigenvalue weighted by molar-refractivity contribution is 7.39. The number of carbonyl (C=O) groups is 4. The molecular weight excluding hydrogens is 742 g/mol. The van der Waals surface area contributed by atoms with Crippen molar-refractivity contribution in [2.24, 2.45) is 0 Å². The normalized spacial score (nSPS) is 22.3. The van der Waals surface area contributed by atoms with Crippen LogP contribution in [0.2, 0.25) is 0 Å². The molecule has 4 aliphatic rings. The molecule has 4 rings (SSSR count). The van der Waals surface area contributed by atoms with Crippen LogP contribution in [0.3, 0.4) is 0 Å². The highest BCUT2D eigenvalue weighted by atomic mass is 31.1. The summed E-state index contributed by atoms with van der Waals surface area (Å²) in [6, 6.07) is 0. The van der Waals surface area contributed by atoms with Gasteiger partial charge in [-0.3, -0.25) is 0 Å². The SMILES string of the molecule is CC(OC(O[P+](=O)CCCC[P+](=O)OC(OC(C)C(=O)OC1CCCCC1)C(=O)OC1CCCCC1)C(=O)OC1CCCCC1)C(=O)OC1CCCCC1. The Morgan fingerprint density at radius 1 is 0.444 bits per heavy atom. The fourth-order valence-electron chi connectivity index (χ4n) is 7.22. The number of rotatable bonds is 21. The number of hydrogen-bond acceptors (Lipinski definition) is 14. The largest absolute Gasteiger partial charge is 0.511 e. The lowest BCUT2D eigenvalue weighted by atomic mass is 9.98. The van der Waals surface area contributed by atoms with E-state index in [1.54, 1.807) is 0 Å². The lowest BCUT2D eigenvalue weighted by Crippen LogP contribution is -2.38. The second-order valence-corrected chi connectivity index (χ2v) is 17.7. The lowest BCUT2D eigenvalue weighted by molar-refractivity contribution is -0.199. The first-order valence-electron chi connectivity index (χ1n) is 20.4. The molecule has 16 heteroatoms. The monoisotopic (exact) mass is 804 g/mol. The molecule has 4 saturated carbocycles. The molecule has 6 atom stereocenters. The molecule has 4 aliphatic carbocycles. The van der Waals surface area contributed by atoms with E-state index < -0.39 is 64.7 Å². The van der Waals surface area contributed by atoms with E-state index in [2.05, 4.69) is 0 Å². The maximum Gasteiger partial charge on any atom is 0.511 e. The third kappa shape index (κ3) is 16.6. The van der Waals surface area contributed by atoms with Gasteiger partial charge >= 0.3 is 52.5 Å². The molecule has 0 aliphatic heterocycles. The molecule has 0 N–H and O–H groups in total. The number of unbranched alkanes of at least 4 members (excludes halogenated alkanes) is 1. The molecule has 0 amide bonds. The molecule has 0 spiro atoms. The zero-order valence-corrected chi connectivity index (χ0v) is 34.0. The van der Waals surface area contributed by atoms with Gasteiger partial charge in [0.25, 0.3) is 0 Å². The molecule has 306 valence electrons. The number of ether oxygens (including phenoxy) is 6. The quantitative estimate of drug-likeness (QED) is 0.0356. The van der Waals surface area contributed by atoms with E-state index in [0.29, 0.717) is 25.7 Å². The predicted molar refractivity (Wildman–Crippen MR) is 197 cm³/mol. The Morgan fingerprint density at radius 3 is 0.981 bits per heavy atom. The van der Waals surface area contributed by atoms with E-state index in [9.17, 15) is 28.3 Å². The number of carbonyl (C=O) groups excluding carboxylic acids is 4. The summed E-state index contributed by atoms with van der Waals surface area (Å²) in [6.45, 7) is 2.92. The number of esters is 4. The molecular formula is C38H62O14P2+2. The Hall–Kier alpha value is -2.08. The van der Waals surface area contributed by atoms with Crippen LogP contribution in [0.4, 0.5) is 0 Å². The van der Waals surface area contributed by atoms with Crippen LogP contribution in [0, 0.1) is 0 Å². The molecule has 0 bridgehead atoms. The van der Waals surface area contributed by atoms with Gasteiger partial charge < -0.3 is 28.4 Å². The van der Waals surface area contributed by atoms with Crippen molar-refractivity contribution in [3.63, 3.8) is 0 Å². The Morgan fingerprint density at radius 2 is 0.704 bits per heavy atom. The van der Waals surface area contributed by atoms with Crippen molar-refractivity contribution >= 4 is 39.9 Å². The molecule has 14 nitrogen and oxygen atoms in total. The van der Waals surface area contributed by atoms with Gasteiger partial charge in [0.2, 0.25) is 0 Å². The Bertz CT molecular complexity index is 1120. The molecule has 0 aromatic rings. The average molecular weight is 805 g/mol. The van der Waals surface area contributed by atoms with E-state index in [1.165, 1.54) is 13.8 Å². The molecule has 54 heavy (non-hydrogen) atoms. The van der Waals surface area contributed by atoms with E-state index >= 15 is 0 Å². The van der Waals surface area contributed by atoms with Crippen LogP contribution in [0.1, 0.15) is 155 Å². The summed E-state index contributed by atoms with van der Waals surface area (Å²) in [4.78, 5) is 51.8. The van der Waals surface area contributed by atoms with Crippen molar-refractivity contribution in [1.29, 1.82) is 0 Å². The van der Waals surface area contributed by atoms with Gasteiger partial charge in [0.05, 0.1) is 0 Å². The summed E-state index contributed by atoms with van der Waals surface area (Å²) in [6.07, 6.45) is 11.7. The fraction of sp³-hybridized carbons (Fsp3) is 0.895. The predicted octanol–water partition coefficient (Wildman–Crippen LogP) is 8.25. The first-order chi connectivity index (χ1) is 26.1. The van der Waals surface area contributed by atoms with Crippen molar-refractivity contribution in [2.75, 3.05) is 12.3 Å². The fourth-order valence-corrected chi connectivity index (χ4v) is 9.09. The summed E-state index contributed by atoms with van der Waals surface area (Å²) in [7, 11) is -4.90. The van der Waals surface area contributed by atoms with Gasteiger partial charge in [0, 0.05) is 0 Å². The molecule has 0 aromatic carbocycles. The minimum Gasteiger partial charge on any atom is -0.460 e. The number of hydrogen-bond donors (Lipinski definition) is 0. The first kappa shape index (κ1) is 44.6. The van der Waals surface area contributed by atoms with Gasteiger partial charge in [-0.15, -0.1) is 9.05 Å². The van der Waals surface area contributed by atoms with Crippen LogP contribution in [0.5, 0.6) is 0 Å². The molecule has 0 radical (unpaired) electrons. The molecule has 6 unspecified atom stereocenters. The van der Waals surface area contributed by atoms with Crippen molar-refractivity contribution in [3.8, 4) is 0 Å². The zero-order valence-electron chi connectivity index (χ0n) is 32.2. The molecule has 0 heterocycles. The summed E-state index contributed by atoms with van der Waals surface area (Å²) in [5, 5.41) is 0. The summed E-state index contributed by atoms with van der Waals surface area (Å²) >= 11 is 0. The molecule has 4 fully saturated rings. The maximum absolute atomic E-state index is 13.1. The summed E-state index contributed by atoms with van der Waals surface area (Å²) < 4.78 is 70.9. The second kappa shape index (κ2) is 24.5. The van der Waals surface area contributed by atoms with Crippen molar-refractivity contribution in [3.05, 3.63) is 0 Å². The van der Waals surface area contributed by atoms with Crippen molar-refractivity contribution < 1.29 is 65.8 Å². The average Bonchev–Trinajstić information content (AvgIpc) is 3.17. The maximum atomic E-state index is 13.1. The summed E-state index contributed by atoms with van der Waals surface area (Å²) in [5.74, 6) is -2.94. The smallest absolute Gasteiger partial charge is 0.460 e. The van der Waals surface area contributed by atoms with E-state index in [4.69, 9.17) is 37.5 Å². The van der Waals surface area contributed by atoms with Gasteiger partial charge in [-0.05, 0) is 139 Å². The lowest BCUT2D eigenvalue weighted by Gasteiger charge is -2.25. The highest BCUT2D eigenvalue weighted by Gasteiger charge is 2.40. The highest BCUT2D eigenvalue weighted by Crippen LogP contribution is 2.33. The van der Waals surface area contributed by atoms with Gasteiger partial charge in [0.1, 0.15) is 24.4 Å². The van der Waals surface area contributed by atoms with Crippen LogP contribution in [-0.2, 0) is 65.8 Å². The topological polar surface area (TPSA) is 176 Å². The Kier molecular flexibility index (Phi) is 20.3. The van der Waals surface area contributed by atoms with Crippen LogP contribution >= 0.6 is 16.1 Å². The van der Waals surface area contributed by atoms with Gasteiger partial charge in [-0.25, -0.2) is 19.2 Å². The van der Waals surface area contributed by atoms with Crippen LogP contribution in [0.25, 0.3) is 0 Å². The first-order valence-corrected chi connectivity index (χ1v) is 23.2.